The molecule has 1 heterocycles. The summed E-state index contributed by atoms with van der Waals surface area (Å²) in [6, 6.07) is 8.21. The Labute approximate surface area is 182 Å². The highest BCUT2D eigenvalue weighted by Gasteiger charge is 2.23. The molecule has 0 bridgehead atoms. The smallest absolute Gasteiger partial charge is 0.408 e. The fourth-order valence-electron chi connectivity index (χ4n) is 2.71. The number of hydrogen-bond acceptors (Lipinski definition) is 6. The van der Waals surface area contributed by atoms with Crippen molar-refractivity contribution >= 4 is 17.7 Å². The lowest BCUT2D eigenvalue weighted by molar-refractivity contribution is -0.118. The molecule has 2 rings (SSSR count). The highest BCUT2D eigenvalue weighted by molar-refractivity contribution is 5.96. The van der Waals surface area contributed by atoms with Crippen molar-refractivity contribution < 1.29 is 19.1 Å². The number of carbonyl (C=O) groups is 2. The number of pyridine rings is 1. The van der Waals surface area contributed by atoms with Crippen molar-refractivity contribution in [3.63, 3.8) is 0 Å². The number of nitriles is 1. The quantitative estimate of drug-likeness (QED) is 0.700. The van der Waals surface area contributed by atoms with E-state index in [1.54, 1.807) is 52.0 Å². The molecule has 0 radical (unpaired) electrons. The second-order valence-electron chi connectivity index (χ2n) is 8.14. The van der Waals surface area contributed by atoms with Crippen LogP contribution in [0.2, 0.25) is 0 Å². The number of aryl methyl sites for hydroxylation is 2. The van der Waals surface area contributed by atoms with E-state index < -0.39 is 17.7 Å². The van der Waals surface area contributed by atoms with Gasteiger partial charge in [-0.25, -0.2) is 9.78 Å². The van der Waals surface area contributed by atoms with Crippen LogP contribution >= 0.6 is 0 Å². The van der Waals surface area contributed by atoms with Crippen molar-refractivity contribution in [1.29, 1.82) is 5.26 Å². The molecule has 164 valence electrons. The second-order valence-corrected chi connectivity index (χ2v) is 8.14. The van der Waals surface area contributed by atoms with Gasteiger partial charge in [0, 0.05) is 5.56 Å². The number of benzene rings is 1. The zero-order valence-corrected chi connectivity index (χ0v) is 18.7. The van der Waals surface area contributed by atoms with E-state index in [1.165, 1.54) is 6.20 Å². The molecule has 0 fully saturated rings. The fraction of sp³-hybridized carbons (Fsp3) is 0.391. The third kappa shape index (κ3) is 7.00. The molecule has 0 saturated heterocycles. The van der Waals surface area contributed by atoms with Crippen LogP contribution in [0.4, 0.5) is 10.5 Å². The van der Waals surface area contributed by atoms with Crippen LogP contribution in [0.15, 0.2) is 30.5 Å². The molecule has 0 aliphatic heterocycles. The molecule has 0 spiro atoms. The van der Waals surface area contributed by atoms with Crippen molar-refractivity contribution in [1.82, 2.24) is 10.3 Å². The molecule has 0 aliphatic rings. The zero-order valence-electron chi connectivity index (χ0n) is 18.7. The Morgan fingerprint density at radius 2 is 1.90 bits per heavy atom. The maximum atomic E-state index is 12.6. The number of hydrogen-bond donors (Lipinski definition) is 2. The highest BCUT2D eigenvalue weighted by Crippen LogP contribution is 2.27. The van der Waals surface area contributed by atoms with E-state index in [2.05, 4.69) is 21.7 Å². The molecule has 0 aliphatic carbocycles. The average Bonchev–Trinajstić information content (AvgIpc) is 2.68. The molecular weight excluding hydrogens is 396 g/mol. The first kappa shape index (κ1) is 23.7. The van der Waals surface area contributed by atoms with Gasteiger partial charge in [-0.2, -0.15) is 5.26 Å². The first-order valence-electron chi connectivity index (χ1n) is 9.98. The third-order valence-corrected chi connectivity index (χ3v) is 4.22. The van der Waals surface area contributed by atoms with Crippen LogP contribution in [0.1, 0.15) is 50.8 Å². The van der Waals surface area contributed by atoms with Gasteiger partial charge >= 0.3 is 6.09 Å². The topological polar surface area (TPSA) is 113 Å². The Bertz CT molecular complexity index is 1010. The number of nitrogens with zero attached hydrogens (tertiary/aromatic N) is 2. The van der Waals surface area contributed by atoms with E-state index >= 15 is 0 Å². The molecule has 1 atom stereocenters. The number of nitrogens with one attached hydrogen (secondary N) is 2. The van der Waals surface area contributed by atoms with Crippen LogP contribution in [0.5, 0.6) is 11.6 Å². The van der Waals surface area contributed by atoms with Gasteiger partial charge in [-0.15, -0.1) is 0 Å². The van der Waals surface area contributed by atoms with Gasteiger partial charge in [0.2, 0.25) is 11.8 Å². The minimum Gasteiger partial charge on any atom is -0.444 e. The Balaban J connectivity index is 2.06. The van der Waals surface area contributed by atoms with Crippen LogP contribution in [-0.4, -0.2) is 28.6 Å². The molecule has 8 nitrogen and oxygen atoms in total. The van der Waals surface area contributed by atoms with Gasteiger partial charge < -0.3 is 20.1 Å². The largest absolute Gasteiger partial charge is 0.444 e. The molecule has 1 unspecified atom stereocenters. The van der Waals surface area contributed by atoms with Gasteiger partial charge in [0.1, 0.15) is 17.4 Å². The van der Waals surface area contributed by atoms with E-state index in [4.69, 9.17) is 14.7 Å². The van der Waals surface area contributed by atoms with Crippen molar-refractivity contribution in [2.45, 2.75) is 59.6 Å². The number of amides is 2. The lowest BCUT2D eigenvalue weighted by Gasteiger charge is -2.22. The van der Waals surface area contributed by atoms with Crippen molar-refractivity contribution in [3.8, 4) is 17.7 Å². The third-order valence-electron chi connectivity index (χ3n) is 4.22. The molecule has 1 aromatic carbocycles. The number of carbonyl (C=O) groups excluding carboxylic acids is 2. The van der Waals surface area contributed by atoms with Crippen LogP contribution < -0.4 is 15.4 Å². The van der Waals surface area contributed by atoms with Crippen molar-refractivity contribution in [2.24, 2.45) is 0 Å². The van der Waals surface area contributed by atoms with Crippen LogP contribution in [0, 0.1) is 25.2 Å². The average molecular weight is 425 g/mol. The number of ether oxygens (including phenoxy) is 2. The van der Waals surface area contributed by atoms with E-state index in [0.29, 0.717) is 29.3 Å². The zero-order chi connectivity index (χ0) is 23.2. The Morgan fingerprint density at radius 3 is 2.45 bits per heavy atom. The second kappa shape index (κ2) is 9.94. The first-order valence-corrected chi connectivity index (χ1v) is 9.98. The lowest BCUT2D eigenvalue weighted by Crippen LogP contribution is -2.45. The summed E-state index contributed by atoms with van der Waals surface area (Å²) >= 11 is 0. The van der Waals surface area contributed by atoms with E-state index in [-0.39, 0.29) is 5.91 Å². The summed E-state index contributed by atoms with van der Waals surface area (Å²) < 4.78 is 11.1. The minimum atomic E-state index is -0.743. The van der Waals surface area contributed by atoms with Crippen LogP contribution in [-0.2, 0) is 9.53 Å². The predicted octanol–water partition coefficient (Wildman–Crippen LogP) is 4.60. The Hall–Kier alpha value is -3.60. The van der Waals surface area contributed by atoms with E-state index in [1.807, 2.05) is 13.8 Å². The molecule has 1 aromatic heterocycles. The van der Waals surface area contributed by atoms with Gasteiger partial charge in [-0.3, -0.25) is 4.79 Å². The maximum Gasteiger partial charge on any atom is 0.408 e. The van der Waals surface area contributed by atoms with Crippen molar-refractivity contribution in [2.75, 3.05) is 5.32 Å². The Kier molecular flexibility index (Phi) is 7.59. The van der Waals surface area contributed by atoms with Gasteiger partial charge in [0.05, 0.1) is 23.5 Å². The summed E-state index contributed by atoms with van der Waals surface area (Å²) in [7, 11) is 0. The van der Waals surface area contributed by atoms with Gasteiger partial charge in [-0.05, 0) is 70.9 Å². The lowest BCUT2D eigenvalue weighted by atomic mass is 10.1. The summed E-state index contributed by atoms with van der Waals surface area (Å²) in [6.45, 7) is 10.7. The molecule has 8 heteroatoms. The highest BCUT2D eigenvalue weighted by atomic mass is 16.6. The molecule has 31 heavy (non-hydrogen) atoms. The number of aromatic nitrogens is 1. The van der Waals surface area contributed by atoms with Gasteiger partial charge in [0.15, 0.2) is 0 Å². The summed E-state index contributed by atoms with van der Waals surface area (Å²) in [6.07, 6.45) is 1.24. The van der Waals surface area contributed by atoms with Gasteiger partial charge in [0.25, 0.3) is 0 Å². The summed E-state index contributed by atoms with van der Waals surface area (Å²) in [5.41, 5.74) is 1.92. The van der Waals surface area contributed by atoms with Crippen LogP contribution in [0.25, 0.3) is 0 Å². The SMILES string of the molecule is CCC(NC(=O)OC(C)(C)C)C(=O)Nc1cnc(Oc2ccc(C#N)cc2C)c(C)c1. The fourth-order valence-corrected chi connectivity index (χ4v) is 2.71. The Morgan fingerprint density at radius 1 is 1.19 bits per heavy atom. The number of anilines is 1. The molecule has 2 amide bonds. The van der Waals surface area contributed by atoms with Gasteiger partial charge in [-0.1, -0.05) is 6.92 Å². The minimum absolute atomic E-state index is 0.369. The standard InChI is InChI=1S/C23H28N4O4/c1-7-18(27-22(29)31-23(4,5)6)20(28)26-17-11-15(3)21(25-13-17)30-19-9-8-16(12-24)10-14(19)2/h8-11,13,18H,7H2,1-6H3,(H,26,28)(H,27,29). The molecule has 0 saturated carbocycles. The predicted molar refractivity (Wildman–Crippen MR) is 117 cm³/mol. The van der Waals surface area contributed by atoms with Crippen LogP contribution in [0.3, 0.4) is 0 Å². The first-order chi connectivity index (χ1) is 14.5. The maximum absolute atomic E-state index is 12.6. The number of rotatable bonds is 6. The molecule has 2 N–H and O–H groups in total. The van der Waals surface area contributed by atoms with E-state index in [0.717, 1.165) is 11.1 Å². The summed E-state index contributed by atoms with van der Waals surface area (Å²) in [5, 5.41) is 14.3. The molecule has 2 aromatic rings. The molecular formula is C23H28N4O4. The summed E-state index contributed by atoms with van der Waals surface area (Å²) in [5.74, 6) is 0.620. The normalized spacial score (nSPS) is 11.8. The monoisotopic (exact) mass is 424 g/mol. The van der Waals surface area contributed by atoms with Crippen molar-refractivity contribution in [3.05, 3.63) is 47.2 Å². The van der Waals surface area contributed by atoms with E-state index in [9.17, 15) is 9.59 Å². The summed E-state index contributed by atoms with van der Waals surface area (Å²) in [4.78, 5) is 28.8. The number of alkyl carbamates (subject to hydrolysis) is 1.